The number of piperidine rings is 1. The number of hydrogen-bond acceptors (Lipinski definition) is 3. The summed E-state index contributed by atoms with van der Waals surface area (Å²) >= 11 is 0. The monoisotopic (exact) mass is 236 g/mol. The van der Waals surface area contributed by atoms with E-state index in [1.54, 1.807) is 11.9 Å². The molecule has 1 unspecified atom stereocenters. The van der Waals surface area contributed by atoms with E-state index < -0.39 is 5.60 Å². The number of fused-ring (bicyclic) bond motifs is 1. The molecule has 0 radical (unpaired) electrons. The minimum atomic E-state index is -0.405. The van der Waals surface area contributed by atoms with Crippen LogP contribution in [-0.4, -0.2) is 42.9 Å². The van der Waals surface area contributed by atoms with Crippen molar-refractivity contribution in [3.8, 4) is 0 Å². The van der Waals surface area contributed by atoms with Crippen LogP contribution in [-0.2, 0) is 4.74 Å². The Kier molecular flexibility index (Phi) is 2.98. The average molecular weight is 236 g/mol. The third-order valence-electron chi connectivity index (χ3n) is 3.13. The number of likely N-dealkylation sites (tertiary alicyclic amines) is 1. The number of ether oxygens (including phenoxy) is 1. The topological polar surface area (TPSA) is 41.9 Å². The van der Waals surface area contributed by atoms with Gasteiger partial charge in [0.15, 0.2) is 0 Å². The largest absolute Gasteiger partial charge is 0.444 e. The molecule has 0 aromatic rings. The Morgan fingerprint density at radius 2 is 2.00 bits per heavy atom. The predicted molar refractivity (Wildman–Crippen MR) is 67.3 cm³/mol. The molecule has 2 aliphatic rings. The summed E-state index contributed by atoms with van der Waals surface area (Å²) in [6.45, 7) is 7.27. The number of carbonyl (C=O) groups is 1. The van der Waals surface area contributed by atoms with Crippen molar-refractivity contribution in [1.82, 2.24) is 4.90 Å². The van der Waals surface area contributed by atoms with Crippen LogP contribution in [0.2, 0.25) is 0 Å². The van der Waals surface area contributed by atoms with Crippen molar-refractivity contribution in [2.24, 2.45) is 16.8 Å². The summed E-state index contributed by atoms with van der Waals surface area (Å²) in [6.07, 6.45) is 3.71. The van der Waals surface area contributed by atoms with E-state index in [2.05, 4.69) is 11.1 Å². The Bertz CT molecular complexity index is 365. The molecule has 1 aliphatic carbocycles. The number of hydrogen-bond donors (Lipinski definition) is 0. The summed E-state index contributed by atoms with van der Waals surface area (Å²) in [5.74, 6) is 1.08. The summed E-state index contributed by atoms with van der Waals surface area (Å²) in [5, 5.41) is 0. The molecule has 4 nitrogen and oxygen atoms in total. The quantitative estimate of drug-likeness (QED) is 0.654. The van der Waals surface area contributed by atoms with Crippen LogP contribution in [0.3, 0.4) is 0 Å². The first kappa shape index (κ1) is 12.1. The van der Waals surface area contributed by atoms with Crippen molar-refractivity contribution in [2.75, 3.05) is 20.1 Å². The molecule has 1 saturated carbocycles. The zero-order chi connectivity index (χ0) is 12.6. The maximum atomic E-state index is 11.8. The van der Waals surface area contributed by atoms with E-state index in [4.69, 9.17) is 4.74 Å². The highest BCUT2D eigenvalue weighted by atomic mass is 16.6. The van der Waals surface area contributed by atoms with Crippen molar-refractivity contribution in [3.63, 3.8) is 0 Å². The Morgan fingerprint density at radius 3 is 2.47 bits per heavy atom. The van der Waals surface area contributed by atoms with Crippen LogP contribution in [0.15, 0.2) is 16.6 Å². The van der Waals surface area contributed by atoms with Gasteiger partial charge in [0, 0.05) is 38.2 Å². The van der Waals surface area contributed by atoms with Crippen molar-refractivity contribution < 1.29 is 9.53 Å². The average Bonchev–Trinajstić information content (AvgIpc) is 2.67. The highest BCUT2D eigenvalue weighted by molar-refractivity contribution is 5.75. The van der Waals surface area contributed by atoms with Crippen LogP contribution in [0.1, 0.15) is 20.8 Å². The van der Waals surface area contributed by atoms with Crippen LogP contribution in [0, 0.1) is 11.8 Å². The lowest BCUT2D eigenvalue weighted by Gasteiger charge is -2.25. The zero-order valence-electron chi connectivity index (χ0n) is 10.9. The fourth-order valence-corrected chi connectivity index (χ4v) is 2.30. The fraction of sp³-hybridized carbons (Fsp3) is 0.692. The molecule has 0 spiro atoms. The Balaban J connectivity index is 1.85. The summed E-state index contributed by atoms with van der Waals surface area (Å²) < 4.78 is 5.35. The van der Waals surface area contributed by atoms with Gasteiger partial charge in [-0.05, 0) is 26.8 Å². The van der Waals surface area contributed by atoms with E-state index in [0.717, 1.165) is 13.1 Å². The van der Waals surface area contributed by atoms with Crippen LogP contribution in [0.25, 0.3) is 0 Å². The molecule has 4 heteroatoms. The van der Waals surface area contributed by atoms with Crippen LogP contribution >= 0.6 is 0 Å². The van der Waals surface area contributed by atoms with E-state index in [1.165, 1.54) is 5.57 Å². The summed E-state index contributed by atoms with van der Waals surface area (Å²) in [4.78, 5) is 17.6. The normalized spacial score (nSPS) is 29.9. The van der Waals surface area contributed by atoms with E-state index in [-0.39, 0.29) is 6.09 Å². The number of carbonyl (C=O) groups excluding carboxylic acids is 1. The van der Waals surface area contributed by atoms with Crippen LogP contribution in [0.5, 0.6) is 0 Å². The van der Waals surface area contributed by atoms with Gasteiger partial charge < -0.3 is 9.64 Å². The molecule has 2 atom stereocenters. The molecular weight excluding hydrogens is 216 g/mol. The molecule has 0 aromatic carbocycles. The summed E-state index contributed by atoms with van der Waals surface area (Å²) in [6, 6.07) is 0. The molecule has 0 bridgehead atoms. The van der Waals surface area contributed by atoms with Gasteiger partial charge >= 0.3 is 6.09 Å². The smallest absolute Gasteiger partial charge is 0.410 e. The third kappa shape index (κ3) is 2.68. The second-order valence-electron chi connectivity index (χ2n) is 5.67. The van der Waals surface area contributed by atoms with Gasteiger partial charge in [0.25, 0.3) is 0 Å². The third-order valence-corrected chi connectivity index (χ3v) is 3.13. The minimum Gasteiger partial charge on any atom is -0.444 e. The lowest BCUT2D eigenvalue weighted by Crippen LogP contribution is -2.36. The van der Waals surface area contributed by atoms with Crippen molar-refractivity contribution in [1.29, 1.82) is 0 Å². The Hall–Kier alpha value is -1.32. The number of amides is 1. The van der Waals surface area contributed by atoms with Gasteiger partial charge in [0.2, 0.25) is 0 Å². The van der Waals surface area contributed by atoms with Crippen LogP contribution in [0.4, 0.5) is 4.79 Å². The van der Waals surface area contributed by atoms with Gasteiger partial charge in [-0.15, -0.1) is 0 Å². The molecule has 1 saturated heterocycles. The van der Waals surface area contributed by atoms with Crippen molar-refractivity contribution in [3.05, 3.63) is 11.6 Å². The van der Waals surface area contributed by atoms with Gasteiger partial charge in [0.1, 0.15) is 5.60 Å². The molecule has 1 heterocycles. The zero-order valence-corrected chi connectivity index (χ0v) is 10.9. The predicted octanol–water partition coefficient (Wildman–Crippen LogP) is 2.11. The highest BCUT2D eigenvalue weighted by Crippen LogP contribution is 2.51. The molecular formula is C13H20N2O2. The maximum Gasteiger partial charge on any atom is 0.410 e. The van der Waals surface area contributed by atoms with Crippen LogP contribution < -0.4 is 0 Å². The molecule has 0 N–H and O–H groups in total. The fourth-order valence-electron chi connectivity index (χ4n) is 2.30. The minimum absolute atomic E-state index is 0.187. The molecule has 94 valence electrons. The van der Waals surface area contributed by atoms with Crippen molar-refractivity contribution >= 4 is 12.3 Å². The van der Waals surface area contributed by atoms with Gasteiger partial charge in [0.05, 0.1) is 0 Å². The first-order valence-corrected chi connectivity index (χ1v) is 6.02. The number of aliphatic imine (C=N–C) groups is 1. The molecule has 1 amide bonds. The molecule has 2 fully saturated rings. The lowest BCUT2D eigenvalue weighted by atomic mass is 10.2. The molecule has 2 rings (SSSR count). The van der Waals surface area contributed by atoms with E-state index >= 15 is 0 Å². The maximum absolute atomic E-state index is 11.8. The SMILES string of the molecule is CN=CC=C1C2CN(C(=O)OC(C)(C)C)C[C@@H]12. The summed E-state index contributed by atoms with van der Waals surface area (Å²) in [7, 11) is 1.77. The molecule has 1 aliphatic heterocycles. The Morgan fingerprint density at radius 1 is 1.41 bits per heavy atom. The second kappa shape index (κ2) is 4.17. The van der Waals surface area contributed by atoms with Gasteiger partial charge in [-0.3, -0.25) is 4.99 Å². The lowest BCUT2D eigenvalue weighted by molar-refractivity contribution is 0.0280. The van der Waals surface area contributed by atoms with Gasteiger partial charge in [-0.1, -0.05) is 5.57 Å². The number of nitrogens with zero attached hydrogens (tertiary/aromatic N) is 2. The van der Waals surface area contributed by atoms with Gasteiger partial charge in [-0.25, -0.2) is 4.79 Å². The summed E-state index contributed by atoms with van der Waals surface area (Å²) in [5.41, 5.74) is 1.02. The number of allylic oxidation sites excluding steroid dienone is 1. The van der Waals surface area contributed by atoms with Gasteiger partial charge in [-0.2, -0.15) is 0 Å². The van der Waals surface area contributed by atoms with E-state index in [9.17, 15) is 4.79 Å². The first-order chi connectivity index (χ1) is 7.92. The van der Waals surface area contributed by atoms with E-state index in [0.29, 0.717) is 11.8 Å². The molecule has 17 heavy (non-hydrogen) atoms. The van der Waals surface area contributed by atoms with Crippen molar-refractivity contribution in [2.45, 2.75) is 26.4 Å². The highest BCUT2D eigenvalue weighted by Gasteiger charge is 2.52. The Labute approximate surface area is 102 Å². The molecule has 0 aromatic heterocycles. The standard InChI is InChI=1S/C13H20N2O2/c1-13(2,3)17-12(16)15-7-10-9(5-6-14-4)11(10)8-15/h5-6,10-11H,7-8H2,1-4H3/t10-,11?/m0/s1. The van der Waals surface area contributed by atoms with E-state index in [1.807, 2.05) is 27.0 Å². The number of rotatable bonds is 1. The first-order valence-electron chi connectivity index (χ1n) is 6.02. The second-order valence-corrected chi connectivity index (χ2v) is 5.67.